The van der Waals surface area contributed by atoms with Gasteiger partial charge in [0.25, 0.3) is 0 Å². The van der Waals surface area contributed by atoms with Crippen LogP contribution in [0, 0.1) is 17.2 Å². The maximum absolute atomic E-state index is 12.3. The van der Waals surface area contributed by atoms with E-state index in [1.54, 1.807) is 12.0 Å². The van der Waals surface area contributed by atoms with E-state index in [-0.39, 0.29) is 11.8 Å². The Hall–Kier alpha value is -2.02. The zero-order chi connectivity index (χ0) is 13.7. The first-order valence-electron chi connectivity index (χ1n) is 6.54. The van der Waals surface area contributed by atoms with Crippen LogP contribution < -0.4 is 4.74 Å². The Kier molecular flexibility index (Phi) is 4.40. The molecule has 1 amide bonds. The molecular formula is C15H18N2O2. The number of carbonyl (C=O) groups is 1. The molecular weight excluding hydrogens is 240 g/mol. The number of hydrogen-bond donors (Lipinski definition) is 0. The number of para-hydroxylation sites is 1. The van der Waals surface area contributed by atoms with Crippen molar-refractivity contribution >= 4 is 5.91 Å². The molecule has 1 atom stereocenters. The van der Waals surface area contributed by atoms with Gasteiger partial charge in [-0.05, 0) is 18.9 Å². The number of methoxy groups -OCH3 is 1. The molecule has 0 radical (unpaired) electrons. The van der Waals surface area contributed by atoms with Crippen LogP contribution in [0.5, 0.6) is 5.75 Å². The Bertz CT molecular complexity index is 493. The molecule has 4 nitrogen and oxygen atoms in total. The van der Waals surface area contributed by atoms with E-state index in [1.165, 1.54) is 0 Å². The van der Waals surface area contributed by atoms with E-state index in [1.807, 2.05) is 24.3 Å². The van der Waals surface area contributed by atoms with Crippen LogP contribution in [0.15, 0.2) is 24.3 Å². The van der Waals surface area contributed by atoms with E-state index in [0.29, 0.717) is 13.0 Å². The molecule has 0 bridgehead atoms. The van der Waals surface area contributed by atoms with Crippen LogP contribution in [0.3, 0.4) is 0 Å². The lowest BCUT2D eigenvalue weighted by Crippen LogP contribution is -2.40. The monoisotopic (exact) mass is 258 g/mol. The number of carbonyl (C=O) groups excluding carboxylic acids is 1. The van der Waals surface area contributed by atoms with Gasteiger partial charge in [0.1, 0.15) is 5.75 Å². The van der Waals surface area contributed by atoms with Crippen LogP contribution in [0.4, 0.5) is 0 Å². The van der Waals surface area contributed by atoms with Crippen molar-refractivity contribution < 1.29 is 9.53 Å². The molecule has 19 heavy (non-hydrogen) atoms. The van der Waals surface area contributed by atoms with Crippen LogP contribution in [-0.4, -0.2) is 31.0 Å². The molecule has 1 aliphatic rings. The van der Waals surface area contributed by atoms with Crippen molar-refractivity contribution in [3.63, 3.8) is 0 Å². The highest BCUT2D eigenvalue weighted by Crippen LogP contribution is 2.21. The maximum atomic E-state index is 12.3. The molecule has 0 N–H and O–H groups in total. The fraction of sp³-hybridized carbons (Fsp3) is 0.467. The van der Waals surface area contributed by atoms with Gasteiger partial charge in [0.2, 0.25) is 5.91 Å². The average Bonchev–Trinajstić information content (AvgIpc) is 2.47. The largest absolute Gasteiger partial charge is 0.496 e. The SMILES string of the molecule is COc1ccccc1CC(=O)N1CCCC(C#N)C1. The molecule has 1 fully saturated rings. The highest BCUT2D eigenvalue weighted by molar-refractivity contribution is 5.79. The second-order valence-corrected chi connectivity index (χ2v) is 4.80. The number of rotatable bonds is 3. The Labute approximate surface area is 113 Å². The van der Waals surface area contributed by atoms with Gasteiger partial charge in [-0.2, -0.15) is 5.26 Å². The zero-order valence-electron chi connectivity index (χ0n) is 11.1. The minimum atomic E-state index is -0.0182. The fourth-order valence-corrected chi connectivity index (χ4v) is 2.43. The Morgan fingerprint density at radius 3 is 3.05 bits per heavy atom. The molecule has 2 rings (SSSR count). The predicted molar refractivity (Wildman–Crippen MR) is 71.6 cm³/mol. The van der Waals surface area contributed by atoms with Gasteiger partial charge in [-0.25, -0.2) is 0 Å². The predicted octanol–water partition coefficient (Wildman–Crippen LogP) is 2.00. The first-order chi connectivity index (χ1) is 9.24. The molecule has 0 aliphatic carbocycles. The number of nitriles is 1. The van der Waals surface area contributed by atoms with Gasteiger partial charge in [0.15, 0.2) is 0 Å². The van der Waals surface area contributed by atoms with Crippen molar-refractivity contribution in [2.45, 2.75) is 19.3 Å². The second-order valence-electron chi connectivity index (χ2n) is 4.80. The van der Waals surface area contributed by atoms with Crippen molar-refractivity contribution in [3.8, 4) is 11.8 Å². The second kappa shape index (κ2) is 6.24. The van der Waals surface area contributed by atoms with Crippen molar-refractivity contribution in [2.24, 2.45) is 5.92 Å². The highest BCUT2D eigenvalue weighted by atomic mass is 16.5. The maximum Gasteiger partial charge on any atom is 0.227 e. The van der Waals surface area contributed by atoms with Crippen LogP contribution in [-0.2, 0) is 11.2 Å². The highest BCUT2D eigenvalue weighted by Gasteiger charge is 2.23. The van der Waals surface area contributed by atoms with Crippen LogP contribution in [0.2, 0.25) is 0 Å². The number of piperidine rings is 1. The van der Waals surface area contributed by atoms with Crippen LogP contribution >= 0.6 is 0 Å². The summed E-state index contributed by atoms with van der Waals surface area (Å²) in [5.41, 5.74) is 0.897. The third kappa shape index (κ3) is 3.25. The number of amides is 1. The molecule has 4 heteroatoms. The number of ether oxygens (including phenoxy) is 1. The molecule has 0 spiro atoms. The van der Waals surface area contributed by atoms with E-state index >= 15 is 0 Å². The summed E-state index contributed by atoms with van der Waals surface area (Å²) < 4.78 is 5.25. The number of benzene rings is 1. The van der Waals surface area contributed by atoms with Crippen molar-refractivity contribution in [2.75, 3.05) is 20.2 Å². The summed E-state index contributed by atoms with van der Waals surface area (Å²) in [6.45, 7) is 1.32. The molecule has 1 aromatic carbocycles. The van der Waals surface area contributed by atoms with E-state index in [9.17, 15) is 4.79 Å². The molecule has 100 valence electrons. The first kappa shape index (κ1) is 13.4. The lowest BCUT2D eigenvalue weighted by molar-refractivity contribution is -0.131. The van der Waals surface area contributed by atoms with Gasteiger partial charge in [0, 0.05) is 18.7 Å². The standard InChI is InChI=1S/C15H18N2O2/c1-19-14-7-3-2-6-13(14)9-15(18)17-8-4-5-12(10-16)11-17/h2-3,6-7,12H,4-5,8-9,11H2,1H3. The molecule has 1 unspecified atom stereocenters. The zero-order valence-corrected chi connectivity index (χ0v) is 11.1. The van der Waals surface area contributed by atoms with E-state index in [4.69, 9.17) is 10.00 Å². The smallest absolute Gasteiger partial charge is 0.227 e. The topological polar surface area (TPSA) is 53.3 Å². The third-order valence-electron chi connectivity index (χ3n) is 3.49. The molecule has 1 aromatic rings. The van der Waals surface area contributed by atoms with Gasteiger partial charge in [-0.15, -0.1) is 0 Å². The quantitative estimate of drug-likeness (QED) is 0.833. The van der Waals surface area contributed by atoms with Gasteiger partial charge in [0.05, 0.1) is 25.5 Å². The minimum absolute atomic E-state index is 0.0182. The summed E-state index contributed by atoms with van der Waals surface area (Å²) in [7, 11) is 1.61. The Balaban J connectivity index is 2.03. The summed E-state index contributed by atoms with van der Waals surface area (Å²) in [6.07, 6.45) is 2.15. The van der Waals surface area contributed by atoms with E-state index in [0.717, 1.165) is 30.7 Å². The van der Waals surface area contributed by atoms with Crippen LogP contribution in [0.25, 0.3) is 0 Å². The van der Waals surface area contributed by atoms with Gasteiger partial charge < -0.3 is 9.64 Å². The van der Waals surface area contributed by atoms with E-state index < -0.39 is 0 Å². The van der Waals surface area contributed by atoms with E-state index in [2.05, 4.69) is 6.07 Å². The number of likely N-dealkylation sites (tertiary alicyclic amines) is 1. The molecule has 1 aliphatic heterocycles. The Morgan fingerprint density at radius 1 is 1.53 bits per heavy atom. The fourth-order valence-electron chi connectivity index (χ4n) is 2.43. The molecule has 1 saturated heterocycles. The normalized spacial score (nSPS) is 18.7. The lowest BCUT2D eigenvalue weighted by atomic mass is 9.99. The summed E-state index contributed by atoms with van der Waals surface area (Å²) in [4.78, 5) is 14.1. The minimum Gasteiger partial charge on any atom is -0.496 e. The Morgan fingerprint density at radius 2 is 2.32 bits per heavy atom. The van der Waals surface area contributed by atoms with Crippen molar-refractivity contribution in [1.29, 1.82) is 5.26 Å². The summed E-state index contributed by atoms with van der Waals surface area (Å²) in [5, 5.41) is 8.95. The third-order valence-corrected chi connectivity index (χ3v) is 3.49. The van der Waals surface area contributed by atoms with Gasteiger partial charge >= 0.3 is 0 Å². The molecule has 0 saturated carbocycles. The summed E-state index contributed by atoms with van der Waals surface area (Å²) in [5.74, 6) is 0.796. The van der Waals surface area contributed by atoms with Gasteiger partial charge in [-0.3, -0.25) is 4.79 Å². The van der Waals surface area contributed by atoms with Gasteiger partial charge in [-0.1, -0.05) is 18.2 Å². The number of hydrogen-bond acceptors (Lipinski definition) is 3. The lowest BCUT2D eigenvalue weighted by Gasteiger charge is -2.29. The summed E-state index contributed by atoms with van der Waals surface area (Å²) >= 11 is 0. The molecule has 1 heterocycles. The average molecular weight is 258 g/mol. The first-order valence-corrected chi connectivity index (χ1v) is 6.54. The van der Waals surface area contributed by atoms with Crippen molar-refractivity contribution in [3.05, 3.63) is 29.8 Å². The van der Waals surface area contributed by atoms with Crippen molar-refractivity contribution in [1.82, 2.24) is 4.90 Å². The number of nitrogens with zero attached hydrogens (tertiary/aromatic N) is 2. The summed E-state index contributed by atoms with van der Waals surface area (Å²) in [6, 6.07) is 9.81. The van der Waals surface area contributed by atoms with Crippen LogP contribution in [0.1, 0.15) is 18.4 Å². The molecule has 0 aromatic heterocycles.